The van der Waals surface area contributed by atoms with Crippen LogP contribution in [0.15, 0.2) is 0 Å². The number of epoxide rings is 1. The van der Waals surface area contributed by atoms with Crippen LogP contribution in [0.2, 0.25) is 0 Å². The molecule has 2 aliphatic rings. The first-order valence-electron chi connectivity index (χ1n) is 3.80. The van der Waals surface area contributed by atoms with E-state index >= 15 is 0 Å². The van der Waals surface area contributed by atoms with Gasteiger partial charge in [-0.15, -0.1) is 0 Å². The normalized spacial score (nSPS) is 46.6. The van der Waals surface area contributed by atoms with Crippen molar-refractivity contribution >= 4 is 6.09 Å². The average molecular weight is 157 g/mol. The third kappa shape index (κ3) is 0.976. The number of nitrogens with one attached hydrogen (secondary N) is 1. The van der Waals surface area contributed by atoms with Crippen LogP contribution in [0.1, 0.15) is 19.8 Å². The second kappa shape index (κ2) is 1.88. The molecule has 2 N–H and O–H groups in total. The third-order valence-corrected chi connectivity index (χ3v) is 2.61. The molecule has 1 saturated heterocycles. The summed E-state index contributed by atoms with van der Waals surface area (Å²) in [4.78, 5) is 10.2. The Labute approximate surface area is 64.5 Å². The Hall–Kier alpha value is -0.770. The van der Waals surface area contributed by atoms with Gasteiger partial charge in [-0.1, -0.05) is 0 Å². The molecule has 1 spiro atoms. The maximum absolute atomic E-state index is 10.2. The van der Waals surface area contributed by atoms with Crippen LogP contribution in [0.3, 0.4) is 0 Å². The fourth-order valence-electron chi connectivity index (χ4n) is 1.80. The standard InChI is InChI=1S/C7H11NO3/c1-4-7(11-4)2-5(3-7)8-6(9)10/h4-5,8H,2-3H2,1H3,(H,9,10). The number of carboxylic acid groups (broad SMARTS) is 1. The molecule has 4 nitrogen and oxygen atoms in total. The van der Waals surface area contributed by atoms with Crippen LogP contribution >= 0.6 is 0 Å². The van der Waals surface area contributed by atoms with E-state index in [0.717, 1.165) is 12.8 Å². The Bertz CT molecular complexity index is 198. The first-order valence-corrected chi connectivity index (χ1v) is 3.80. The van der Waals surface area contributed by atoms with E-state index in [1.807, 2.05) is 6.92 Å². The molecule has 1 saturated carbocycles. The van der Waals surface area contributed by atoms with E-state index in [1.54, 1.807) is 0 Å². The number of ether oxygens (including phenoxy) is 1. The summed E-state index contributed by atoms with van der Waals surface area (Å²) in [6.45, 7) is 2.02. The highest BCUT2D eigenvalue weighted by Crippen LogP contribution is 2.51. The SMILES string of the molecule is CC1OC12CC(NC(=O)O)C2. The highest BCUT2D eigenvalue weighted by Gasteiger charge is 2.61. The second-order valence-electron chi connectivity index (χ2n) is 3.38. The van der Waals surface area contributed by atoms with Crippen LogP contribution in [0, 0.1) is 0 Å². The Kier molecular flexibility index (Phi) is 1.18. The molecule has 2 fully saturated rings. The van der Waals surface area contributed by atoms with E-state index in [4.69, 9.17) is 9.84 Å². The highest BCUT2D eigenvalue weighted by molar-refractivity contribution is 5.65. The fraction of sp³-hybridized carbons (Fsp3) is 0.857. The molecular formula is C7H11NO3. The molecule has 1 aliphatic carbocycles. The summed E-state index contributed by atoms with van der Waals surface area (Å²) >= 11 is 0. The number of hydrogen-bond donors (Lipinski definition) is 2. The molecule has 0 aromatic rings. The molecule has 1 aliphatic heterocycles. The monoisotopic (exact) mass is 157 g/mol. The maximum atomic E-state index is 10.2. The van der Waals surface area contributed by atoms with E-state index in [0.29, 0.717) is 6.10 Å². The zero-order chi connectivity index (χ0) is 8.06. The number of amides is 1. The van der Waals surface area contributed by atoms with Crippen molar-refractivity contribution in [1.82, 2.24) is 5.32 Å². The van der Waals surface area contributed by atoms with Gasteiger partial charge in [0.2, 0.25) is 0 Å². The van der Waals surface area contributed by atoms with Crippen LogP contribution < -0.4 is 5.32 Å². The summed E-state index contributed by atoms with van der Waals surface area (Å²) in [5.41, 5.74) is 0.0626. The Morgan fingerprint density at radius 3 is 2.64 bits per heavy atom. The molecule has 1 heterocycles. The molecule has 0 aromatic carbocycles. The molecule has 2 rings (SSSR count). The van der Waals surface area contributed by atoms with Crippen molar-refractivity contribution in [3.8, 4) is 0 Å². The van der Waals surface area contributed by atoms with Crippen molar-refractivity contribution in [1.29, 1.82) is 0 Å². The van der Waals surface area contributed by atoms with E-state index < -0.39 is 6.09 Å². The van der Waals surface area contributed by atoms with E-state index in [-0.39, 0.29) is 11.6 Å². The lowest BCUT2D eigenvalue weighted by atomic mass is 9.78. The Balaban J connectivity index is 1.76. The lowest BCUT2D eigenvalue weighted by Gasteiger charge is -2.32. The predicted octanol–water partition coefficient (Wildman–Crippen LogP) is 0.574. The van der Waals surface area contributed by atoms with E-state index in [9.17, 15) is 4.79 Å². The van der Waals surface area contributed by atoms with Crippen molar-refractivity contribution in [2.45, 2.75) is 37.5 Å². The summed E-state index contributed by atoms with van der Waals surface area (Å²) < 4.78 is 5.32. The first-order chi connectivity index (χ1) is 5.12. The van der Waals surface area contributed by atoms with Gasteiger partial charge in [0, 0.05) is 6.04 Å². The van der Waals surface area contributed by atoms with Crippen molar-refractivity contribution in [2.24, 2.45) is 0 Å². The molecule has 0 aromatic heterocycles. The van der Waals surface area contributed by atoms with E-state index in [1.165, 1.54) is 0 Å². The minimum Gasteiger partial charge on any atom is -0.465 e. The molecular weight excluding hydrogens is 146 g/mol. The smallest absolute Gasteiger partial charge is 0.404 e. The summed E-state index contributed by atoms with van der Waals surface area (Å²) in [7, 11) is 0. The second-order valence-corrected chi connectivity index (χ2v) is 3.38. The minimum atomic E-state index is -0.932. The zero-order valence-corrected chi connectivity index (χ0v) is 6.33. The molecule has 62 valence electrons. The summed E-state index contributed by atoms with van der Waals surface area (Å²) in [5.74, 6) is 0. The van der Waals surface area contributed by atoms with Gasteiger partial charge in [-0.25, -0.2) is 4.79 Å². The largest absolute Gasteiger partial charge is 0.465 e. The zero-order valence-electron chi connectivity index (χ0n) is 6.33. The highest BCUT2D eigenvalue weighted by atomic mass is 16.6. The van der Waals surface area contributed by atoms with Gasteiger partial charge in [0.05, 0.1) is 11.7 Å². The molecule has 1 amide bonds. The molecule has 1 atom stereocenters. The van der Waals surface area contributed by atoms with Crippen LogP contribution in [-0.2, 0) is 4.74 Å². The molecule has 0 bridgehead atoms. The quantitative estimate of drug-likeness (QED) is 0.547. The summed E-state index contributed by atoms with van der Waals surface area (Å²) in [6.07, 6.45) is 1.11. The summed E-state index contributed by atoms with van der Waals surface area (Å²) in [5, 5.41) is 10.8. The van der Waals surface area contributed by atoms with Gasteiger partial charge in [-0.2, -0.15) is 0 Å². The van der Waals surface area contributed by atoms with Crippen molar-refractivity contribution in [3.63, 3.8) is 0 Å². The van der Waals surface area contributed by atoms with Gasteiger partial charge >= 0.3 is 6.09 Å². The van der Waals surface area contributed by atoms with Crippen LogP contribution in [-0.4, -0.2) is 28.9 Å². The van der Waals surface area contributed by atoms with E-state index in [2.05, 4.69) is 5.32 Å². The van der Waals surface area contributed by atoms with Gasteiger partial charge in [-0.3, -0.25) is 0 Å². The lowest BCUT2D eigenvalue weighted by Crippen LogP contribution is -2.49. The van der Waals surface area contributed by atoms with Crippen LogP contribution in [0.25, 0.3) is 0 Å². The number of hydrogen-bond acceptors (Lipinski definition) is 2. The average Bonchev–Trinajstić information content (AvgIpc) is 2.38. The van der Waals surface area contributed by atoms with Gasteiger partial charge < -0.3 is 15.2 Å². The molecule has 0 radical (unpaired) electrons. The van der Waals surface area contributed by atoms with Crippen molar-refractivity contribution < 1.29 is 14.6 Å². The van der Waals surface area contributed by atoms with Gasteiger partial charge in [0.1, 0.15) is 0 Å². The Morgan fingerprint density at radius 2 is 2.27 bits per heavy atom. The number of carbonyl (C=O) groups is 1. The first kappa shape index (κ1) is 6.91. The number of rotatable bonds is 1. The van der Waals surface area contributed by atoms with Crippen LogP contribution in [0.5, 0.6) is 0 Å². The topological polar surface area (TPSA) is 61.9 Å². The van der Waals surface area contributed by atoms with Crippen LogP contribution in [0.4, 0.5) is 4.79 Å². The van der Waals surface area contributed by atoms with Gasteiger partial charge in [-0.05, 0) is 19.8 Å². The van der Waals surface area contributed by atoms with Crippen molar-refractivity contribution in [3.05, 3.63) is 0 Å². The van der Waals surface area contributed by atoms with Crippen molar-refractivity contribution in [2.75, 3.05) is 0 Å². The van der Waals surface area contributed by atoms with Gasteiger partial charge in [0.25, 0.3) is 0 Å². The predicted molar refractivity (Wildman–Crippen MR) is 37.5 cm³/mol. The third-order valence-electron chi connectivity index (χ3n) is 2.61. The Morgan fingerprint density at radius 1 is 1.73 bits per heavy atom. The molecule has 4 heteroatoms. The molecule has 1 unspecified atom stereocenters. The lowest BCUT2D eigenvalue weighted by molar-refractivity contribution is 0.135. The molecule has 11 heavy (non-hydrogen) atoms. The summed E-state index contributed by atoms with van der Waals surface area (Å²) in [6, 6.07) is 0.123. The maximum Gasteiger partial charge on any atom is 0.404 e. The minimum absolute atomic E-state index is 0.0626. The fourth-order valence-corrected chi connectivity index (χ4v) is 1.80. The van der Waals surface area contributed by atoms with Gasteiger partial charge in [0.15, 0.2) is 0 Å².